The highest BCUT2D eigenvalue weighted by atomic mass is 35.5. The van der Waals surface area contributed by atoms with Crippen molar-refractivity contribution in [3.05, 3.63) is 68.2 Å². The quantitative estimate of drug-likeness (QED) is 0.473. The molecule has 0 radical (unpaired) electrons. The summed E-state index contributed by atoms with van der Waals surface area (Å²) in [6.45, 7) is 6.45. The lowest BCUT2D eigenvalue weighted by Gasteiger charge is -2.27. The van der Waals surface area contributed by atoms with Crippen LogP contribution in [0.3, 0.4) is 0 Å². The van der Waals surface area contributed by atoms with Gasteiger partial charge in [0.05, 0.1) is 11.2 Å². The predicted molar refractivity (Wildman–Crippen MR) is 143 cm³/mol. The number of anilines is 1. The van der Waals surface area contributed by atoms with Gasteiger partial charge in [0.15, 0.2) is 5.43 Å². The maximum absolute atomic E-state index is 12.7. The van der Waals surface area contributed by atoms with Crippen LogP contribution in [0.2, 0.25) is 5.02 Å². The van der Waals surface area contributed by atoms with Crippen molar-refractivity contribution >= 4 is 28.7 Å². The van der Waals surface area contributed by atoms with Crippen LogP contribution in [0, 0.1) is 13.8 Å². The van der Waals surface area contributed by atoms with Gasteiger partial charge in [0.25, 0.3) is 5.91 Å². The first-order chi connectivity index (χ1) is 16.7. The SMILES string of the molecule is CCNc1cc(Cl)cc(C(=O)NCc2c(C)n3occc3cc2=O)c1C.CN(C)C1CCCCC1. The first-order valence-corrected chi connectivity index (χ1v) is 12.7. The number of rotatable bonds is 6. The highest BCUT2D eigenvalue weighted by molar-refractivity contribution is 6.31. The zero-order chi connectivity index (χ0) is 25.5. The molecular weight excluding hydrogens is 464 g/mol. The topological polar surface area (TPSA) is 79.0 Å². The molecule has 4 rings (SSSR count). The van der Waals surface area contributed by atoms with E-state index in [1.165, 1.54) is 44.4 Å². The van der Waals surface area contributed by atoms with Gasteiger partial charge in [-0.2, -0.15) is 4.57 Å². The van der Waals surface area contributed by atoms with E-state index >= 15 is 0 Å². The van der Waals surface area contributed by atoms with E-state index in [0.717, 1.165) is 23.8 Å². The number of nitrogens with one attached hydrogen (secondary N) is 2. The van der Waals surface area contributed by atoms with Gasteiger partial charge in [-0.25, -0.2) is 0 Å². The number of aromatic nitrogens is 1. The van der Waals surface area contributed by atoms with E-state index in [4.69, 9.17) is 16.1 Å². The predicted octanol–water partition coefficient (Wildman–Crippen LogP) is 5.41. The third-order valence-electron chi connectivity index (χ3n) is 6.67. The van der Waals surface area contributed by atoms with Gasteiger partial charge in [0.2, 0.25) is 0 Å². The molecule has 3 aromatic rings. The molecule has 2 aromatic heterocycles. The summed E-state index contributed by atoms with van der Waals surface area (Å²) in [5.74, 6) is -0.285. The van der Waals surface area contributed by atoms with Crippen LogP contribution in [-0.2, 0) is 6.54 Å². The van der Waals surface area contributed by atoms with E-state index in [1.807, 2.05) is 13.8 Å². The summed E-state index contributed by atoms with van der Waals surface area (Å²) < 4.78 is 6.92. The standard InChI is InChI=1S/C19H20ClN3O3.C8H17N/c1-4-21-17-8-13(20)7-15(11(17)2)19(25)22-10-16-12(3)23-14(5-6-26-23)9-18(16)24;1-9(2)8-6-4-3-5-7-8/h5-9,21H,4,10H2,1-3H3,(H,22,25);8H,3-7H2,1-2H3. The van der Waals surface area contributed by atoms with Crippen LogP contribution in [0.1, 0.15) is 66.2 Å². The van der Waals surface area contributed by atoms with E-state index in [-0.39, 0.29) is 17.9 Å². The minimum Gasteiger partial charge on any atom is -0.385 e. The van der Waals surface area contributed by atoms with Crippen molar-refractivity contribution in [1.29, 1.82) is 0 Å². The van der Waals surface area contributed by atoms with Crippen molar-refractivity contribution in [2.45, 2.75) is 65.5 Å². The highest BCUT2D eigenvalue weighted by Gasteiger charge is 2.16. The summed E-state index contributed by atoms with van der Waals surface area (Å²) in [5.41, 5.74) is 3.79. The Morgan fingerprint density at radius 1 is 1.17 bits per heavy atom. The Hall–Kier alpha value is -2.77. The first kappa shape index (κ1) is 26.8. The average molecular weight is 501 g/mol. The van der Waals surface area contributed by atoms with Gasteiger partial charge in [-0.05, 0) is 65.4 Å². The number of pyridine rings is 1. The summed E-state index contributed by atoms with van der Waals surface area (Å²) in [7, 11) is 4.38. The Morgan fingerprint density at radius 3 is 2.51 bits per heavy atom. The second-order valence-corrected chi connectivity index (χ2v) is 9.73. The molecule has 0 unspecified atom stereocenters. The van der Waals surface area contributed by atoms with Gasteiger partial charge >= 0.3 is 0 Å². The van der Waals surface area contributed by atoms with E-state index in [0.29, 0.717) is 27.4 Å². The Labute approximate surface area is 212 Å². The van der Waals surface area contributed by atoms with Crippen molar-refractivity contribution in [2.75, 3.05) is 26.0 Å². The fourth-order valence-electron chi connectivity index (χ4n) is 4.56. The monoisotopic (exact) mass is 500 g/mol. The van der Waals surface area contributed by atoms with Crippen LogP contribution in [-0.4, -0.2) is 42.1 Å². The third kappa shape index (κ3) is 6.67. The number of nitrogens with zero attached hydrogens (tertiary/aromatic N) is 2. The minimum absolute atomic E-state index is 0.107. The zero-order valence-electron chi connectivity index (χ0n) is 21.4. The number of fused-ring (bicyclic) bond motifs is 1. The fraction of sp³-hybridized carbons (Fsp3) is 0.481. The molecule has 1 amide bonds. The van der Waals surface area contributed by atoms with E-state index in [2.05, 4.69) is 29.6 Å². The lowest BCUT2D eigenvalue weighted by Crippen LogP contribution is -2.29. The number of amides is 1. The van der Waals surface area contributed by atoms with Gasteiger partial charge in [0.1, 0.15) is 6.26 Å². The normalized spacial score (nSPS) is 14.0. The molecule has 35 heavy (non-hydrogen) atoms. The molecule has 1 fully saturated rings. The second-order valence-electron chi connectivity index (χ2n) is 9.29. The van der Waals surface area contributed by atoms with Crippen molar-refractivity contribution < 1.29 is 9.32 Å². The summed E-state index contributed by atoms with van der Waals surface area (Å²) >= 11 is 6.14. The molecule has 2 heterocycles. The minimum atomic E-state index is -0.285. The maximum Gasteiger partial charge on any atom is 0.251 e. The van der Waals surface area contributed by atoms with E-state index in [1.54, 1.807) is 29.7 Å². The molecule has 1 aliphatic rings. The first-order valence-electron chi connectivity index (χ1n) is 12.3. The summed E-state index contributed by atoms with van der Waals surface area (Å²) in [6, 6.07) is 7.51. The number of carbonyl (C=O) groups is 1. The summed E-state index contributed by atoms with van der Waals surface area (Å²) in [4.78, 5) is 27.3. The Kier molecular flexibility index (Phi) is 9.40. The van der Waals surface area contributed by atoms with Crippen molar-refractivity contribution in [3.8, 4) is 0 Å². The van der Waals surface area contributed by atoms with Crippen molar-refractivity contribution in [1.82, 2.24) is 14.8 Å². The molecule has 0 bridgehead atoms. The van der Waals surface area contributed by atoms with Crippen LogP contribution in [0.15, 0.2) is 39.8 Å². The number of carbonyl (C=O) groups excluding carboxylic acids is 1. The zero-order valence-corrected chi connectivity index (χ0v) is 22.2. The van der Waals surface area contributed by atoms with Crippen LogP contribution in [0.4, 0.5) is 5.69 Å². The number of benzene rings is 1. The van der Waals surface area contributed by atoms with E-state index < -0.39 is 0 Å². The van der Waals surface area contributed by atoms with Crippen LogP contribution >= 0.6 is 11.6 Å². The average Bonchev–Trinajstić information content (AvgIpc) is 3.30. The molecule has 7 nitrogen and oxygen atoms in total. The van der Waals surface area contributed by atoms with Gasteiger partial charge in [-0.1, -0.05) is 30.9 Å². The van der Waals surface area contributed by atoms with Gasteiger partial charge in [-0.3, -0.25) is 9.59 Å². The number of halogens is 1. The Morgan fingerprint density at radius 2 is 1.89 bits per heavy atom. The molecule has 0 saturated heterocycles. The van der Waals surface area contributed by atoms with Crippen molar-refractivity contribution in [2.24, 2.45) is 0 Å². The molecule has 1 aromatic carbocycles. The maximum atomic E-state index is 12.7. The molecule has 0 atom stereocenters. The molecule has 1 saturated carbocycles. The number of aryl methyl sites for hydroxylation is 1. The number of hydrogen-bond acceptors (Lipinski definition) is 5. The Balaban J connectivity index is 0.000000320. The molecule has 0 spiro atoms. The lowest BCUT2D eigenvalue weighted by atomic mass is 9.95. The molecule has 190 valence electrons. The highest BCUT2D eigenvalue weighted by Crippen LogP contribution is 2.25. The van der Waals surface area contributed by atoms with E-state index in [9.17, 15) is 9.59 Å². The van der Waals surface area contributed by atoms with Crippen LogP contribution < -0.4 is 16.1 Å². The fourth-order valence-corrected chi connectivity index (χ4v) is 4.77. The van der Waals surface area contributed by atoms with Crippen LogP contribution in [0.5, 0.6) is 0 Å². The molecule has 1 aliphatic carbocycles. The Bertz CT molecular complexity index is 1210. The second kappa shape index (κ2) is 12.3. The molecule has 0 aliphatic heterocycles. The van der Waals surface area contributed by atoms with Crippen molar-refractivity contribution in [3.63, 3.8) is 0 Å². The largest absolute Gasteiger partial charge is 0.385 e. The lowest BCUT2D eigenvalue weighted by molar-refractivity contribution is 0.0950. The summed E-state index contributed by atoms with van der Waals surface area (Å²) in [5, 5.41) is 6.48. The van der Waals surface area contributed by atoms with Gasteiger partial charge in [-0.15, -0.1) is 0 Å². The molecule has 2 N–H and O–H groups in total. The van der Waals surface area contributed by atoms with Gasteiger partial charge < -0.3 is 20.1 Å². The van der Waals surface area contributed by atoms with Gasteiger partial charge in [0, 0.05) is 53.1 Å². The summed E-state index contributed by atoms with van der Waals surface area (Å²) in [6.07, 6.45) is 8.72. The third-order valence-corrected chi connectivity index (χ3v) is 6.89. The molecule has 8 heteroatoms. The molecular formula is C27H37ClN4O3. The van der Waals surface area contributed by atoms with Crippen LogP contribution in [0.25, 0.3) is 5.52 Å². The number of hydrogen-bond donors (Lipinski definition) is 2. The smallest absolute Gasteiger partial charge is 0.251 e.